The van der Waals surface area contributed by atoms with Crippen molar-refractivity contribution in [2.75, 3.05) is 10.8 Å². The van der Waals surface area contributed by atoms with Gasteiger partial charge in [-0.2, -0.15) is 0 Å². The topological polar surface area (TPSA) is 6.48 Å². The minimum absolute atomic E-state index is 0.718. The number of anilines is 1. The molecule has 0 saturated heterocycles. The molecule has 4 heteroatoms. The molecule has 0 heterocycles. The highest BCUT2D eigenvalue weighted by Crippen LogP contribution is 2.37. The number of hydrogen-bond donors (Lipinski definition) is 0. The summed E-state index contributed by atoms with van der Waals surface area (Å²) in [6.07, 6.45) is 16.2. The minimum atomic E-state index is 0.718. The maximum Gasteiger partial charge on any atom is 0.0554 e. The van der Waals surface area contributed by atoms with Crippen LogP contribution in [0, 0.1) is 0 Å². The first-order chi connectivity index (χ1) is 15.6. The van der Waals surface area contributed by atoms with Crippen molar-refractivity contribution in [2.24, 2.45) is 0 Å². The lowest BCUT2D eigenvalue weighted by Crippen LogP contribution is -2.18. The van der Waals surface area contributed by atoms with Crippen molar-refractivity contribution < 1.29 is 0 Å². The molecule has 0 spiro atoms. The molecule has 0 fully saturated rings. The van der Waals surface area contributed by atoms with Crippen LogP contribution in [-0.2, 0) is 6.54 Å². The van der Waals surface area contributed by atoms with E-state index < -0.39 is 0 Å². The molecule has 0 unspecified atom stereocenters. The van der Waals surface area contributed by atoms with Gasteiger partial charge in [-0.3, -0.25) is 0 Å². The van der Waals surface area contributed by atoms with Gasteiger partial charge in [0, 0.05) is 33.3 Å². The Morgan fingerprint density at radius 3 is 2.00 bits per heavy atom. The molecule has 0 atom stereocenters. The van der Waals surface area contributed by atoms with E-state index in [0.29, 0.717) is 0 Å². The zero-order valence-corrected chi connectivity index (χ0v) is 20.6. The van der Waals surface area contributed by atoms with Crippen LogP contribution in [0.25, 0.3) is 0 Å². The van der Waals surface area contributed by atoms with E-state index in [1.54, 1.807) is 22.0 Å². The van der Waals surface area contributed by atoms with E-state index in [2.05, 4.69) is 76.4 Å². The van der Waals surface area contributed by atoms with Crippen LogP contribution in [-0.4, -0.2) is 10.8 Å². The minimum Gasteiger partial charge on any atom is -0.302 e. The van der Waals surface area contributed by atoms with Crippen LogP contribution in [0.5, 0.6) is 0 Å². The Labute approximate surface area is 202 Å². The van der Waals surface area contributed by atoms with Gasteiger partial charge in [0.05, 0.1) is 13.1 Å². The van der Waals surface area contributed by atoms with Crippen LogP contribution in [0.15, 0.2) is 134 Å². The lowest BCUT2D eigenvalue weighted by atomic mass is 10.2. The summed E-state index contributed by atoms with van der Waals surface area (Å²) in [4.78, 5) is 0. The largest absolute Gasteiger partial charge is 0.302 e. The first-order valence-electron chi connectivity index (χ1n) is 10.6. The molecular formula is C28H32N2S2. The summed E-state index contributed by atoms with van der Waals surface area (Å²) < 4.78 is 4.47. The predicted octanol–water partition coefficient (Wildman–Crippen LogP) is 8.54. The molecule has 166 valence electrons. The van der Waals surface area contributed by atoms with Crippen molar-refractivity contribution in [1.29, 1.82) is 0 Å². The van der Waals surface area contributed by atoms with Crippen LogP contribution in [0.4, 0.5) is 5.69 Å². The SMILES string of the molecule is C=C(/C=C\C=C/C)CN(SSN(Cc1ccccc1)C(=C)/C=C\C=C/C)c1ccccc1. The smallest absolute Gasteiger partial charge is 0.0554 e. The molecule has 0 saturated carbocycles. The van der Waals surface area contributed by atoms with Crippen LogP contribution in [0.3, 0.4) is 0 Å². The normalized spacial score (nSPS) is 11.7. The molecule has 0 aromatic heterocycles. The fourth-order valence-corrected chi connectivity index (χ4v) is 4.95. The van der Waals surface area contributed by atoms with E-state index in [4.69, 9.17) is 0 Å². The van der Waals surface area contributed by atoms with Crippen molar-refractivity contribution in [3.63, 3.8) is 0 Å². The van der Waals surface area contributed by atoms with Gasteiger partial charge in [-0.25, -0.2) is 0 Å². The molecule has 2 aromatic rings. The molecule has 0 N–H and O–H groups in total. The van der Waals surface area contributed by atoms with Crippen molar-refractivity contribution in [2.45, 2.75) is 20.4 Å². The van der Waals surface area contributed by atoms with E-state index in [0.717, 1.165) is 30.0 Å². The average Bonchev–Trinajstić information content (AvgIpc) is 2.82. The summed E-state index contributed by atoms with van der Waals surface area (Å²) in [5.74, 6) is 0. The Morgan fingerprint density at radius 2 is 1.38 bits per heavy atom. The lowest BCUT2D eigenvalue weighted by molar-refractivity contribution is 0.595. The number of para-hydroxylation sites is 1. The van der Waals surface area contributed by atoms with Gasteiger partial charge in [0.2, 0.25) is 0 Å². The second-order valence-corrected chi connectivity index (χ2v) is 9.04. The zero-order chi connectivity index (χ0) is 23.0. The van der Waals surface area contributed by atoms with Crippen molar-refractivity contribution in [3.05, 3.63) is 139 Å². The summed E-state index contributed by atoms with van der Waals surface area (Å²) >= 11 is 0. The highest BCUT2D eigenvalue weighted by Gasteiger charge is 2.14. The van der Waals surface area contributed by atoms with Crippen molar-refractivity contribution in [3.8, 4) is 0 Å². The van der Waals surface area contributed by atoms with Gasteiger partial charge in [-0.1, -0.05) is 104 Å². The highest BCUT2D eigenvalue weighted by molar-refractivity contribution is 8.76. The van der Waals surface area contributed by atoms with Gasteiger partial charge in [-0.15, -0.1) is 0 Å². The van der Waals surface area contributed by atoms with Gasteiger partial charge in [0.25, 0.3) is 0 Å². The van der Waals surface area contributed by atoms with Crippen LogP contribution in [0.1, 0.15) is 19.4 Å². The van der Waals surface area contributed by atoms with Crippen molar-refractivity contribution in [1.82, 2.24) is 4.31 Å². The van der Waals surface area contributed by atoms with E-state index in [1.165, 1.54) is 5.56 Å². The summed E-state index contributed by atoms with van der Waals surface area (Å²) in [6, 6.07) is 20.9. The Morgan fingerprint density at radius 1 is 0.781 bits per heavy atom. The fourth-order valence-electron chi connectivity index (χ4n) is 2.66. The molecule has 0 bridgehead atoms. The third-order valence-electron chi connectivity index (χ3n) is 4.32. The molecule has 0 aliphatic heterocycles. The van der Waals surface area contributed by atoms with Crippen LogP contribution >= 0.6 is 22.0 Å². The Bertz CT molecular complexity index is 944. The second kappa shape index (κ2) is 15.1. The summed E-state index contributed by atoms with van der Waals surface area (Å²) in [5, 5.41) is 0. The standard InChI is InChI=1S/C28H32N2S2/c1-5-7-11-17-25(3)23-30(28-21-15-10-16-22-28)32-31-29(26(4)18-12-8-6-2)24-27-19-13-9-14-20-27/h5-22H,3-4,23-24H2,1-2H3/b7-5-,8-6-,17-11-,18-12-. The number of nitrogens with zero attached hydrogens (tertiary/aromatic N) is 2. The molecule has 32 heavy (non-hydrogen) atoms. The van der Waals surface area contributed by atoms with Gasteiger partial charge in [0.1, 0.15) is 0 Å². The summed E-state index contributed by atoms with van der Waals surface area (Å²) in [5.41, 5.74) is 4.37. The molecule has 0 radical (unpaired) electrons. The maximum absolute atomic E-state index is 4.30. The molecular weight excluding hydrogens is 428 g/mol. The molecule has 0 aliphatic rings. The predicted molar refractivity (Wildman–Crippen MR) is 147 cm³/mol. The van der Waals surface area contributed by atoms with Gasteiger partial charge < -0.3 is 8.61 Å². The number of hydrogen-bond acceptors (Lipinski definition) is 4. The molecule has 2 rings (SSSR count). The summed E-state index contributed by atoms with van der Waals surface area (Å²) in [6.45, 7) is 14.0. The molecule has 2 nitrogen and oxygen atoms in total. The third-order valence-corrected chi connectivity index (χ3v) is 6.73. The maximum atomic E-state index is 4.30. The third kappa shape index (κ3) is 9.54. The monoisotopic (exact) mass is 460 g/mol. The van der Waals surface area contributed by atoms with Gasteiger partial charge in [-0.05, 0) is 43.2 Å². The number of benzene rings is 2. The highest BCUT2D eigenvalue weighted by atomic mass is 33.1. The van der Waals surface area contributed by atoms with Gasteiger partial charge in [0.15, 0.2) is 0 Å². The lowest BCUT2D eigenvalue weighted by Gasteiger charge is -2.28. The zero-order valence-electron chi connectivity index (χ0n) is 18.9. The number of allylic oxidation sites excluding steroid dienone is 7. The number of rotatable bonds is 13. The van der Waals surface area contributed by atoms with E-state index in [-0.39, 0.29) is 0 Å². The Hall–Kier alpha value is -2.82. The van der Waals surface area contributed by atoms with E-state index in [9.17, 15) is 0 Å². The quantitative estimate of drug-likeness (QED) is 0.168. The first kappa shape index (κ1) is 25.4. The van der Waals surface area contributed by atoms with Gasteiger partial charge >= 0.3 is 0 Å². The molecule has 2 aromatic carbocycles. The molecule has 0 aliphatic carbocycles. The van der Waals surface area contributed by atoms with E-state index in [1.807, 2.05) is 68.5 Å². The first-order valence-corrected chi connectivity index (χ1v) is 12.6. The fraction of sp³-hybridized carbons (Fsp3) is 0.143. The average molecular weight is 461 g/mol. The van der Waals surface area contributed by atoms with E-state index >= 15 is 0 Å². The Balaban J connectivity index is 2.17. The summed E-state index contributed by atoms with van der Waals surface area (Å²) in [7, 11) is 3.37. The Kier molecular flexibility index (Phi) is 12.0. The second-order valence-electron chi connectivity index (χ2n) is 6.96. The molecule has 0 amide bonds. The van der Waals surface area contributed by atoms with Crippen LogP contribution < -0.4 is 4.31 Å². The van der Waals surface area contributed by atoms with Crippen LogP contribution in [0.2, 0.25) is 0 Å². The van der Waals surface area contributed by atoms with Crippen molar-refractivity contribution >= 4 is 27.6 Å².